The summed E-state index contributed by atoms with van der Waals surface area (Å²) in [5.41, 5.74) is 1.96. The van der Waals surface area contributed by atoms with Crippen molar-refractivity contribution in [3.63, 3.8) is 0 Å². The van der Waals surface area contributed by atoms with E-state index in [1.54, 1.807) is 13.2 Å². The summed E-state index contributed by atoms with van der Waals surface area (Å²) in [5, 5.41) is 0. The topological polar surface area (TPSA) is 41.7 Å². The standard InChI is InChI=1S/C17H22FN3O2/c1-12-15(19-13(2)23-12)11-20-6-8-21(9-7-20)16-5-4-14(18)10-17(16)22-3/h4-5,10H,6-9,11H2,1-3H3. The molecule has 1 aliphatic rings. The van der Waals surface area contributed by atoms with Gasteiger partial charge in [0.25, 0.3) is 0 Å². The highest BCUT2D eigenvalue weighted by atomic mass is 19.1. The lowest BCUT2D eigenvalue weighted by molar-refractivity contribution is 0.245. The third kappa shape index (κ3) is 3.47. The van der Waals surface area contributed by atoms with Crippen molar-refractivity contribution in [1.29, 1.82) is 0 Å². The molecule has 2 heterocycles. The van der Waals surface area contributed by atoms with Crippen LogP contribution in [-0.4, -0.2) is 43.2 Å². The summed E-state index contributed by atoms with van der Waals surface area (Å²) in [6.45, 7) is 8.22. The molecule has 1 fully saturated rings. The predicted octanol–water partition coefficient (Wildman–Crippen LogP) is 2.76. The quantitative estimate of drug-likeness (QED) is 0.867. The average Bonchev–Trinajstić information content (AvgIpc) is 2.85. The Morgan fingerprint density at radius 2 is 1.96 bits per heavy atom. The Kier molecular flexibility index (Phi) is 4.52. The summed E-state index contributed by atoms with van der Waals surface area (Å²) in [6.07, 6.45) is 0. The highest BCUT2D eigenvalue weighted by Gasteiger charge is 2.21. The molecular weight excluding hydrogens is 297 g/mol. The van der Waals surface area contributed by atoms with Crippen LogP contribution in [0, 0.1) is 19.7 Å². The average molecular weight is 319 g/mol. The summed E-state index contributed by atoms with van der Waals surface area (Å²) in [4.78, 5) is 9.02. The van der Waals surface area contributed by atoms with Crippen LogP contribution in [0.2, 0.25) is 0 Å². The first-order valence-electron chi connectivity index (χ1n) is 7.80. The van der Waals surface area contributed by atoms with Gasteiger partial charge >= 0.3 is 0 Å². The minimum absolute atomic E-state index is 0.277. The van der Waals surface area contributed by atoms with E-state index < -0.39 is 0 Å². The number of rotatable bonds is 4. The molecule has 0 radical (unpaired) electrons. The summed E-state index contributed by atoms with van der Waals surface area (Å²) >= 11 is 0. The number of hydrogen-bond acceptors (Lipinski definition) is 5. The molecule has 1 aliphatic heterocycles. The molecule has 0 amide bonds. The van der Waals surface area contributed by atoms with Crippen molar-refractivity contribution in [3.05, 3.63) is 41.4 Å². The van der Waals surface area contributed by atoms with Gasteiger partial charge in [-0.2, -0.15) is 0 Å². The molecule has 5 nitrogen and oxygen atoms in total. The molecule has 0 unspecified atom stereocenters. The van der Waals surface area contributed by atoms with Crippen molar-refractivity contribution in [3.8, 4) is 5.75 Å². The Balaban J connectivity index is 1.63. The van der Waals surface area contributed by atoms with Crippen molar-refractivity contribution in [2.45, 2.75) is 20.4 Å². The maximum absolute atomic E-state index is 13.3. The van der Waals surface area contributed by atoms with E-state index in [1.807, 2.05) is 13.8 Å². The number of nitrogens with zero attached hydrogens (tertiary/aromatic N) is 3. The Bertz CT molecular complexity index is 678. The number of ether oxygens (including phenoxy) is 1. The zero-order valence-corrected chi connectivity index (χ0v) is 13.8. The van der Waals surface area contributed by atoms with Gasteiger partial charge < -0.3 is 14.1 Å². The van der Waals surface area contributed by atoms with E-state index in [4.69, 9.17) is 9.15 Å². The molecule has 3 rings (SSSR count). The second kappa shape index (κ2) is 6.58. The fraction of sp³-hybridized carbons (Fsp3) is 0.471. The van der Waals surface area contributed by atoms with Crippen LogP contribution in [0.3, 0.4) is 0 Å². The molecule has 0 N–H and O–H groups in total. The molecule has 23 heavy (non-hydrogen) atoms. The van der Waals surface area contributed by atoms with Crippen LogP contribution in [0.5, 0.6) is 5.75 Å². The van der Waals surface area contributed by atoms with Crippen LogP contribution in [0.1, 0.15) is 17.3 Å². The zero-order valence-electron chi connectivity index (χ0n) is 13.8. The Morgan fingerprint density at radius 1 is 1.22 bits per heavy atom. The van der Waals surface area contributed by atoms with Gasteiger partial charge in [0, 0.05) is 45.7 Å². The van der Waals surface area contributed by atoms with Gasteiger partial charge in [-0.25, -0.2) is 9.37 Å². The lowest BCUT2D eigenvalue weighted by Crippen LogP contribution is -2.46. The molecule has 1 saturated heterocycles. The molecule has 1 aromatic heterocycles. The molecule has 1 aromatic carbocycles. The lowest BCUT2D eigenvalue weighted by atomic mass is 10.2. The van der Waals surface area contributed by atoms with Gasteiger partial charge in [-0.1, -0.05) is 0 Å². The van der Waals surface area contributed by atoms with Crippen LogP contribution in [0.15, 0.2) is 22.6 Å². The number of benzene rings is 1. The van der Waals surface area contributed by atoms with Gasteiger partial charge in [-0.3, -0.25) is 4.90 Å². The minimum atomic E-state index is -0.277. The van der Waals surface area contributed by atoms with Gasteiger partial charge in [0.15, 0.2) is 5.89 Å². The van der Waals surface area contributed by atoms with Crippen LogP contribution in [0.25, 0.3) is 0 Å². The summed E-state index contributed by atoms with van der Waals surface area (Å²) < 4.78 is 24.1. The van der Waals surface area contributed by atoms with Gasteiger partial charge in [0.2, 0.25) is 0 Å². The number of aromatic nitrogens is 1. The normalized spacial score (nSPS) is 15.9. The minimum Gasteiger partial charge on any atom is -0.494 e. The second-order valence-corrected chi connectivity index (χ2v) is 5.82. The van der Waals surface area contributed by atoms with Crippen molar-refractivity contribution in [1.82, 2.24) is 9.88 Å². The molecule has 0 aliphatic carbocycles. The van der Waals surface area contributed by atoms with E-state index in [-0.39, 0.29) is 5.82 Å². The number of aryl methyl sites for hydroxylation is 2. The number of halogens is 1. The first-order chi connectivity index (χ1) is 11.1. The number of methoxy groups -OCH3 is 1. The summed E-state index contributed by atoms with van der Waals surface area (Å²) in [5.74, 6) is 1.92. The van der Waals surface area contributed by atoms with E-state index in [0.29, 0.717) is 11.6 Å². The van der Waals surface area contributed by atoms with Crippen LogP contribution < -0.4 is 9.64 Å². The number of oxazole rings is 1. The van der Waals surface area contributed by atoms with Crippen molar-refractivity contribution in [2.24, 2.45) is 0 Å². The van der Waals surface area contributed by atoms with Gasteiger partial charge in [0.05, 0.1) is 18.5 Å². The Morgan fingerprint density at radius 3 is 2.57 bits per heavy atom. The molecule has 0 bridgehead atoms. The third-order valence-electron chi connectivity index (χ3n) is 4.23. The fourth-order valence-corrected chi connectivity index (χ4v) is 2.99. The molecule has 0 atom stereocenters. The van der Waals surface area contributed by atoms with Crippen LogP contribution >= 0.6 is 0 Å². The van der Waals surface area contributed by atoms with E-state index in [2.05, 4.69) is 14.8 Å². The molecule has 0 saturated carbocycles. The molecule has 124 valence electrons. The Hall–Kier alpha value is -2.08. The van der Waals surface area contributed by atoms with Gasteiger partial charge in [-0.05, 0) is 19.1 Å². The SMILES string of the molecule is COc1cc(F)ccc1N1CCN(Cc2nc(C)oc2C)CC1. The van der Waals surface area contributed by atoms with E-state index in [1.165, 1.54) is 12.1 Å². The lowest BCUT2D eigenvalue weighted by Gasteiger charge is -2.36. The smallest absolute Gasteiger partial charge is 0.191 e. The van der Waals surface area contributed by atoms with E-state index >= 15 is 0 Å². The zero-order chi connectivity index (χ0) is 16.4. The molecule has 6 heteroatoms. The second-order valence-electron chi connectivity index (χ2n) is 5.82. The van der Waals surface area contributed by atoms with Gasteiger partial charge in [-0.15, -0.1) is 0 Å². The first kappa shape index (κ1) is 15.8. The molecule has 2 aromatic rings. The maximum Gasteiger partial charge on any atom is 0.191 e. The highest BCUT2D eigenvalue weighted by molar-refractivity contribution is 5.59. The van der Waals surface area contributed by atoms with E-state index in [9.17, 15) is 4.39 Å². The molecule has 0 spiro atoms. The van der Waals surface area contributed by atoms with Crippen LogP contribution in [-0.2, 0) is 6.54 Å². The van der Waals surface area contributed by atoms with Crippen molar-refractivity contribution in [2.75, 3.05) is 38.2 Å². The monoisotopic (exact) mass is 319 g/mol. The number of hydrogen-bond donors (Lipinski definition) is 0. The summed E-state index contributed by atoms with van der Waals surface area (Å²) in [7, 11) is 1.57. The number of anilines is 1. The maximum atomic E-state index is 13.3. The van der Waals surface area contributed by atoms with Gasteiger partial charge in [0.1, 0.15) is 17.3 Å². The number of piperazine rings is 1. The highest BCUT2D eigenvalue weighted by Crippen LogP contribution is 2.29. The van der Waals surface area contributed by atoms with Crippen molar-refractivity contribution >= 4 is 5.69 Å². The van der Waals surface area contributed by atoms with E-state index in [0.717, 1.165) is 49.9 Å². The largest absolute Gasteiger partial charge is 0.494 e. The first-order valence-corrected chi connectivity index (χ1v) is 7.80. The summed E-state index contributed by atoms with van der Waals surface area (Å²) in [6, 6.07) is 4.70. The Labute approximate surface area is 135 Å². The fourth-order valence-electron chi connectivity index (χ4n) is 2.99. The van der Waals surface area contributed by atoms with Crippen LogP contribution in [0.4, 0.5) is 10.1 Å². The molecular formula is C17H22FN3O2. The third-order valence-corrected chi connectivity index (χ3v) is 4.23. The van der Waals surface area contributed by atoms with Crippen molar-refractivity contribution < 1.29 is 13.5 Å². The predicted molar refractivity (Wildman–Crippen MR) is 86.4 cm³/mol.